The van der Waals surface area contributed by atoms with Gasteiger partial charge >= 0.3 is 0 Å². The van der Waals surface area contributed by atoms with Gasteiger partial charge in [0.15, 0.2) is 11.5 Å². The molecule has 0 saturated carbocycles. The van der Waals surface area contributed by atoms with Crippen molar-refractivity contribution in [2.24, 2.45) is 0 Å². The van der Waals surface area contributed by atoms with Gasteiger partial charge in [0.1, 0.15) is 0 Å². The lowest BCUT2D eigenvalue weighted by atomic mass is 9.99. The molecule has 2 aliphatic heterocycles. The van der Waals surface area contributed by atoms with Crippen molar-refractivity contribution < 1.29 is 14.3 Å². The molecule has 0 radical (unpaired) electrons. The molecular weight excluding hydrogens is 520 g/mol. The van der Waals surface area contributed by atoms with Crippen LogP contribution in [0.4, 0.5) is 5.69 Å². The predicted octanol–water partition coefficient (Wildman–Crippen LogP) is 5.52. The lowest BCUT2D eigenvalue weighted by Gasteiger charge is -2.36. The molecule has 0 spiro atoms. The summed E-state index contributed by atoms with van der Waals surface area (Å²) in [7, 11) is 5.49. The molecule has 40 heavy (non-hydrogen) atoms. The van der Waals surface area contributed by atoms with Gasteiger partial charge < -0.3 is 29.1 Å². The zero-order valence-electron chi connectivity index (χ0n) is 24.3. The fourth-order valence-corrected chi connectivity index (χ4v) is 6.84. The highest BCUT2D eigenvalue weighted by atomic mass is 32.1. The van der Waals surface area contributed by atoms with Gasteiger partial charge in [0, 0.05) is 61.0 Å². The van der Waals surface area contributed by atoms with E-state index >= 15 is 0 Å². The zero-order chi connectivity index (χ0) is 28.1. The minimum atomic E-state index is -0.0559. The standard InChI is InChI=1S/C32H42N4O3S/c1-5-34-16-18-35(19-17-34)29-11-6-10-26-27(29)23-36(32(26)37)28(24-13-14-30(38-3)31(21-24)39-4)12-7-15-33(2)22-25-9-8-20-40-25/h6,8-11,13-14,20-21,28H,5,7,12,15-19,22-23H2,1-4H3. The van der Waals surface area contributed by atoms with E-state index in [-0.39, 0.29) is 11.9 Å². The lowest BCUT2D eigenvalue weighted by Crippen LogP contribution is -2.46. The smallest absolute Gasteiger partial charge is 0.255 e. The first kappa shape index (κ1) is 28.5. The SMILES string of the molecule is CCN1CCN(c2cccc3c2CN(C(CCCN(C)Cc2cccs2)c2ccc(OC)c(OC)c2)C3=O)CC1. The van der Waals surface area contributed by atoms with E-state index < -0.39 is 0 Å². The summed E-state index contributed by atoms with van der Waals surface area (Å²) in [6.45, 7) is 9.95. The number of carbonyl (C=O) groups excluding carboxylic acids is 1. The van der Waals surface area contributed by atoms with Crippen molar-refractivity contribution in [3.8, 4) is 11.5 Å². The first-order chi connectivity index (χ1) is 19.5. The fraction of sp³-hybridized carbons (Fsp3) is 0.469. The highest BCUT2D eigenvalue weighted by Gasteiger charge is 2.36. The monoisotopic (exact) mass is 562 g/mol. The van der Waals surface area contributed by atoms with E-state index in [4.69, 9.17) is 9.47 Å². The van der Waals surface area contributed by atoms with E-state index in [0.29, 0.717) is 18.0 Å². The van der Waals surface area contributed by atoms with Crippen molar-refractivity contribution in [1.29, 1.82) is 0 Å². The lowest BCUT2D eigenvalue weighted by molar-refractivity contribution is 0.0686. The van der Waals surface area contributed by atoms with Crippen molar-refractivity contribution in [1.82, 2.24) is 14.7 Å². The Hall–Kier alpha value is -3.07. The molecule has 3 heterocycles. The van der Waals surface area contributed by atoms with Gasteiger partial charge in [0.25, 0.3) is 5.91 Å². The first-order valence-electron chi connectivity index (χ1n) is 14.3. The minimum Gasteiger partial charge on any atom is -0.493 e. The molecule has 3 aromatic rings. The van der Waals surface area contributed by atoms with E-state index in [9.17, 15) is 4.79 Å². The van der Waals surface area contributed by atoms with Crippen molar-refractivity contribution in [2.45, 2.75) is 38.9 Å². The maximum atomic E-state index is 14.0. The molecule has 0 aliphatic carbocycles. The number of likely N-dealkylation sites (N-methyl/N-ethyl adjacent to an activating group) is 1. The van der Waals surface area contributed by atoms with Crippen LogP contribution in [0.3, 0.4) is 0 Å². The summed E-state index contributed by atoms with van der Waals surface area (Å²) >= 11 is 1.80. The summed E-state index contributed by atoms with van der Waals surface area (Å²) in [4.78, 5) is 24.7. The van der Waals surface area contributed by atoms with E-state index in [1.165, 1.54) is 10.6 Å². The van der Waals surface area contributed by atoms with Crippen LogP contribution in [0.1, 0.15) is 52.2 Å². The summed E-state index contributed by atoms with van der Waals surface area (Å²) in [6.07, 6.45) is 1.85. The van der Waals surface area contributed by atoms with Crippen molar-refractivity contribution in [3.63, 3.8) is 0 Å². The van der Waals surface area contributed by atoms with Crippen LogP contribution in [0, 0.1) is 0 Å². The number of piperazine rings is 1. The summed E-state index contributed by atoms with van der Waals surface area (Å²) in [5.74, 6) is 1.51. The number of benzene rings is 2. The third-order valence-corrected chi connectivity index (χ3v) is 9.18. The van der Waals surface area contributed by atoms with E-state index in [0.717, 1.165) is 75.3 Å². The molecule has 8 heteroatoms. The highest BCUT2D eigenvalue weighted by molar-refractivity contribution is 7.09. The third kappa shape index (κ3) is 6.14. The molecule has 0 N–H and O–H groups in total. The largest absolute Gasteiger partial charge is 0.493 e. The normalized spacial score (nSPS) is 16.5. The molecule has 5 rings (SSSR count). The Kier molecular flexibility index (Phi) is 9.29. The maximum absolute atomic E-state index is 14.0. The molecule has 214 valence electrons. The molecule has 2 aliphatic rings. The fourth-order valence-electron chi connectivity index (χ4n) is 6.06. The van der Waals surface area contributed by atoms with Gasteiger partial charge in [-0.25, -0.2) is 0 Å². The number of thiophene rings is 1. The van der Waals surface area contributed by atoms with Crippen LogP contribution < -0.4 is 14.4 Å². The number of nitrogens with zero attached hydrogens (tertiary/aromatic N) is 4. The molecule has 1 fully saturated rings. The van der Waals surface area contributed by atoms with Crippen LogP contribution in [0.2, 0.25) is 0 Å². The van der Waals surface area contributed by atoms with Crippen LogP contribution in [-0.2, 0) is 13.1 Å². The number of rotatable bonds is 12. The van der Waals surface area contributed by atoms with Crippen LogP contribution >= 0.6 is 11.3 Å². The summed E-state index contributed by atoms with van der Waals surface area (Å²) in [5, 5.41) is 2.13. The molecule has 2 aromatic carbocycles. The Labute approximate surface area is 242 Å². The van der Waals surface area contributed by atoms with Crippen molar-refractivity contribution in [2.75, 3.05) is 65.4 Å². The van der Waals surface area contributed by atoms with Gasteiger partial charge in [-0.15, -0.1) is 11.3 Å². The number of ether oxygens (including phenoxy) is 2. The molecule has 0 bridgehead atoms. The van der Waals surface area contributed by atoms with Crippen LogP contribution in [0.5, 0.6) is 11.5 Å². The number of anilines is 1. The van der Waals surface area contributed by atoms with Gasteiger partial charge in [-0.05, 0) is 74.3 Å². The van der Waals surface area contributed by atoms with Crippen LogP contribution in [-0.4, -0.2) is 81.1 Å². The highest BCUT2D eigenvalue weighted by Crippen LogP contribution is 2.40. The second-order valence-electron chi connectivity index (χ2n) is 10.7. The van der Waals surface area contributed by atoms with Gasteiger partial charge in [-0.1, -0.05) is 25.1 Å². The number of hydrogen-bond donors (Lipinski definition) is 0. The first-order valence-corrected chi connectivity index (χ1v) is 15.2. The number of carbonyl (C=O) groups is 1. The molecule has 1 amide bonds. The van der Waals surface area contributed by atoms with Crippen molar-refractivity contribution in [3.05, 3.63) is 75.5 Å². The second-order valence-corrected chi connectivity index (χ2v) is 11.8. The minimum absolute atomic E-state index is 0.0559. The van der Waals surface area contributed by atoms with Gasteiger partial charge in [-0.2, -0.15) is 0 Å². The van der Waals surface area contributed by atoms with E-state index in [2.05, 4.69) is 63.2 Å². The van der Waals surface area contributed by atoms with Gasteiger partial charge in [-0.3, -0.25) is 4.79 Å². The summed E-state index contributed by atoms with van der Waals surface area (Å²) < 4.78 is 11.2. The average Bonchev–Trinajstić information content (AvgIpc) is 3.62. The number of methoxy groups -OCH3 is 2. The zero-order valence-corrected chi connectivity index (χ0v) is 25.1. The predicted molar refractivity (Wildman–Crippen MR) is 163 cm³/mol. The topological polar surface area (TPSA) is 48.5 Å². The number of amides is 1. The molecule has 1 unspecified atom stereocenters. The maximum Gasteiger partial charge on any atom is 0.255 e. The summed E-state index contributed by atoms with van der Waals surface area (Å²) in [6, 6.07) is 16.6. The van der Waals surface area contributed by atoms with Gasteiger partial charge in [0.05, 0.1) is 20.3 Å². The van der Waals surface area contributed by atoms with Crippen LogP contribution in [0.25, 0.3) is 0 Å². The Morgan fingerprint density at radius 2 is 1.80 bits per heavy atom. The van der Waals surface area contributed by atoms with Crippen molar-refractivity contribution >= 4 is 22.9 Å². The molecule has 1 saturated heterocycles. The second kappa shape index (κ2) is 13.1. The molecule has 1 atom stereocenters. The summed E-state index contributed by atoms with van der Waals surface area (Å²) in [5.41, 5.74) is 4.30. The van der Waals surface area contributed by atoms with Gasteiger partial charge in [0.2, 0.25) is 0 Å². The average molecular weight is 563 g/mol. The quantitative estimate of drug-likeness (QED) is 0.290. The Bertz CT molecular complexity index is 1270. The molecule has 1 aromatic heterocycles. The van der Waals surface area contributed by atoms with E-state index in [1.807, 2.05) is 24.3 Å². The Balaban J connectivity index is 1.38. The molecule has 7 nitrogen and oxygen atoms in total. The Morgan fingerprint density at radius 1 is 1.00 bits per heavy atom. The third-order valence-electron chi connectivity index (χ3n) is 8.32. The number of fused-ring (bicyclic) bond motifs is 1. The van der Waals surface area contributed by atoms with Crippen LogP contribution in [0.15, 0.2) is 53.9 Å². The van der Waals surface area contributed by atoms with E-state index in [1.54, 1.807) is 25.6 Å². The number of hydrogen-bond acceptors (Lipinski definition) is 7. The molecular formula is C32H42N4O3S. The Morgan fingerprint density at radius 3 is 2.50 bits per heavy atom.